The van der Waals surface area contributed by atoms with Crippen LogP contribution in [-0.4, -0.2) is 27.1 Å². The third kappa shape index (κ3) is 3.26. The molecule has 0 saturated heterocycles. The molecule has 4 nitrogen and oxygen atoms in total. The number of benzene rings is 1. The van der Waals surface area contributed by atoms with Gasteiger partial charge in [0.25, 0.3) is 0 Å². The standard InChI is InChI=1S/C19H18BrClN4S/c1-11-9-13(21)3-4-14(11)18-16-17(15-10-12(20)5-6-22-15)24-25(2)19(16)23-7-8-26-18/h3-6,9-10,18,23H,7-8H2,1-2H3. The predicted molar refractivity (Wildman–Crippen MR) is 113 cm³/mol. The van der Waals surface area contributed by atoms with Crippen LogP contribution in [-0.2, 0) is 7.05 Å². The molecule has 0 amide bonds. The fourth-order valence-electron chi connectivity index (χ4n) is 3.33. The highest BCUT2D eigenvalue weighted by atomic mass is 79.9. The van der Waals surface area contributed by atoms with Gasteiger partial charge in [-0.15, -0.1) is 11.8 Å². The number of aromatic nitrogens is 3. The average molecular weight is 450 g/mol. The molecule has 3 heterocycles. The van der Waals surface area contributed by atoms with E-state index in [1.807, 2.05) is 47.8 Å². The minimum absolute atomic E-state index is 0.182. The topological polar surface area (TPSA) is 42.7 Å². The maximum atomic E-state index is 6.19. The summed E-state index contributed by atoms with van der Waals surface area (Å²) in [6.07, 6.45) is 1.81. The number of aryl methyl sites for hydroxylation is 2. The highest BCUT2D eigenvalue weighted by Gasteiger charge is 2.30. The van der Waals surface area contributed by atoms with E-state index in [4.69, 9.17) is 16.7 Å². The van der Waals surface area contributed by atoms with Crippen molar-refractivity contribution in [3.63, 3.8) is 0 Å². The van der Waals surface area contributed by atoms with E-state index in [2.05, 4.69) is 39.2 Å². The zero-order valence-corrected chi connectivity index (χ0v) is 17.6. The van der Waals surface area contributed by atoms with Crippen LogP contribution in [0.15, 0.2) is 41.0 Å². The molecule has 0 radical (unpaired) electrons. The molecular formula is C19H18BrClN4S. The molecule has 1 aromatic carbocycles. The summed E-state index contributed by atoms with van der Waals surface area (Å²) < 4.78 is 2.92. The van der Waals surface area contributed by atoms with Crippen LogP contribution in [0.1, 0.15) is 21.9 Å². The van der Waals surface area contributed by atoms with Crippen LogP contribution in [0, 0.1) is 6.92 Å². The molecule has 4 rings (SSSR count). The van der Waals surface area contributed by atoms with Gasteiger partial charge in [0.2, 0.25) is 0 Å². The van der Waals surface area contributed by atoms with Crippen molar-refractivity contribution in [2.45, 2.75) is 12.2 Å². The molecule has 1 atom stereocenters. The molecule has 0 aliphatic carbocycles. The first-order chi connectivity index (χ1) is 12.5. The number of pyridine rings is 1. The van der Waals surface area contributed by atoms with E-state index in [-0.39, 0.29) is 5.25 Å². The summed E-state index contributed by atoms with van der Waals surface area (Å²) >= 11 is 11.7. The lowest BCUT2D eigenvalue weighted by molar-refractivity contribution is 0.773. The summed E-state index contributed by atoms with van der Waals surface area (Å²) in [5.41, 5.74) is 5.45. The second kappa shape index (κ2) is 7.25. The van der Waals surface area contributed by atoms with Crippen molar-refractivity contribution < 1.29 is 0 Å². The maximum absolute atomic E-state index is 6.19. The molecule has 1 N–H and O–H groups in total. The molecule has 1 aliphatic rings. The minimum atomic E-state index is 0.182. The Balaban J connectivity index is 1.93. The van der Waals surface area contributed by atoms with Gasteiger partial charge in [-0.25, -0.2) is 0 Å². The minimum Gasteiger partial charge on any atom is -0.369 e. The summed E-state index contributed by atoms with van der Waals surface area (Å²) in [6, 6.07) is 10.1. The molecule has 2 aromatic heterocycles. The summed E-state index contributed by atoms with van der Waals surface area (Å²) in [6.45, 7) is 3.03. The predicted octanol–water partition coefficient (Wildman–Crippen LogP) is 5.45. The summed E-state index contributed by atoms with van der Waals surface area (Å²) in [5.74, 6) is 2.08. The van der Waals surface area contributed by atoms with E-state index in [1.54, 1.807) is 6.20 Å². The summed E-state index contributed by atoms with van der Waals surface area (Å²) in [4.78, 5) is 4.56. The zero-order chi connectivity index (χ0) is 18.3. The number of halogens is 2. The van der Waals surface area contributed by atoms with E-state index in [9.17, 15) is 0 Å². The lowest BCUT2D eigenvalue weighted by atomic mass is 9.98. The van der Waals surface area contributed by atoms with Gasteiger partial charge in [0.1, 0.15) is 11.5 Å². The largest absolute Gasteiger partial charge is 0.369 e. The van der Waals surface area contributed by atoms with Crippen LogP contribution in [0.2, 0.25) is 5.02 Å². The second-order valence-corrected chi connectivity index (χ2v) is 8.84. The summed E-state index contributed by atoms with van der Waals surface area (Å²) in [5, 5.41) is 9.29. The van der Waals surface area contributed by atoms with Crippen LogP contribution in [0.5, 0.6) is 0 Å². The van der Waals surface area contributed by atoms with E-state index < -0.39 is 0 Å². The zero-order valence-electron chi connectivity index (χ0n) is 14.5. The number of hydrogen-bond donors (Lipinski definition) is 1. The van der Waals surface area contributed by atoms with Crippen molar-refractivity contribution in [2.75, 3.05) is 17.6 Å². The van der Waals surface area contributed by atoms with Crippen molar-refractivity contribution in [1.29, 1.82) is 0 Å². The van der Waals surface area contributed by atoms with Gasteiger partial charge in [-0.05, 0) is 42.3 Å². The molecule has 0 spiro atoms. The fraction of sp³-hybridized carbons (Fsp3) is 0.263. The first-order valence-electron chi connectivity index (χ1n) is 8.35. The van der Waals surface area contributed by atoms with Crippen molar-refractivity contribution in [3.05, 3.63) is 62.7 Å². The number of thioether (sulfide) groups is 1. The molecule has 0 bridgehead atoms. The average Bonchev–Trinajstić information content (AvgIpc) is 2.78. The molecule has 1 unspecified atom stereocenters. The molecule has 26 heavy (non-hydrogen) atoms. The molecule has 134 valence electrons. The number of hydrogen-bond acceptors (Lipinski definition) is 4. The van der Waals surface area contributed by atoms with Gasteiger partial charge in [-0.1, -0.05) is 33.6 Å². The van der Waals surface area contributed by atoms with E-state index in [1.165, 1.54) is 16.7 Å². The molecular weight excluding hydrogens is 432 g/mol. The monoisotopic (exact) mass is 448 g/mol. The lowest BCUT2D eigenvalue weighted by Crippen LogP contribution is -2.06. The number of nitrogens with zero attached hydrogens (tertiary/aromatic N) is 3. The Morgan fingerprint density at radius 1 is 1.31 bits per heavy atom. The van der Waals surface area contributed by atoms with Gasteiger partial charge < -0.3 is 5.32 Å². The first kappa shape index (κ1) is 17.9. The number of rotatable bonds is 2. The highest BCUT2D eigenvalue weighted by Crippen LogP contribution is 2.46. The number of fused-ring (bicyclic) bond motifs is 1. The van der Waals surface area contributed by atoms with Gasteiger partial charge in [-0.3, -0.25) is 9.67 Å². The van der Waals surface area contributed by atoms with Crippen LogP contribution in [0.3, 0.4) is 0 Å². The lowest BCUT2D eigenvalue weighted by Gasteiger charge is -2.18. The Bertz CT molecular complexity index is 972. The van der Waals surface area contributed by atoms with E-state index >= 15 is 0 Å². The normalized spacial score (nSPS) is 16.7. The van der Waals surface area contributed by atoms with Gasteiger partial charge in [-0.2, -0.15) is 5.10 Å². The second-order valence-electron chi connectivity index (χ2n) is 6.27. The molecule has 3 aromatic rings. The van der Waals surface area contributed by atoms with Crippen molar-refractivity contribution in [1.82, 2.24) is 14.8 Å². The van der Waals surface area contributed by atoms with E-state index in [0.29, 0.717) is 0 Å². The molecule has 7 heteroatoms. The van der Waals surface area contributed by atoms with Gasteiger partial charge in [0.05, 0.1) is 10.9 Å². The van der Waals surface area contributed by atoms with Crippen LogP contribution < -0.4 is 5.32 Å². The molecule has 1 aliphatic heterocycles. The van der Waals surface area contributed by atoms with Gasteiger partial charge >= 0.3 is 0 Å². The third-order valence-corrected chi connectivity index (χ3v) is 6.50. The van der Waals surface area contributed by atoms with Crippen molar-refractivity contribution in [3.8, 4) is 11.4 Å². The Morgan fingerprint density at radius 2 is 2.15 bits per heavy atom. The fourth-order valence-corrected chi connectivity index (χ4v) is 5.18. The van der Waals surface area contributed by atoms with Gasteiger partial charge in [0.15, 0.2) is 0 Å². The van der Waals surface area contributed by atoms with Crippen molar-refractivity contribution in [2.24, 2.45) is 7.05 Å². The van der Waals surface area contributed by atoms with Crippen LogP contribution >= 0.6 is 39.3 Å². The maximum Gasteiger partial charge on any atom is 0.129 e. The number of nitrogens with one attached hydrogen (secondary N) is 1. The Morgan fingerprint density at radius 3 is 2.92 bits per heavy atom. The van der Waals surface area contributed by atoms with E-state index in [0.717, 1.165) is 39.0 Å². The van der Waals surface area contributed by atoms with Crippen molar-refractivity contribution >= 4 is 45.1 Å². The quantitative estimate of drug-likeness (QED) is 0.564. The summed E-state index contributed by atoms with van der Waals surface area (Å²) in [7, 11) is 1.98. The van der Waals surface area contributed by atoms with Crippen LogP contribution in [0.4, 0.5) is 5.82 Å². The van der Waals surface area contributed by atoms with Crippen LogP contribution in [0.25, 0.3) is 11.4 Å². The third-order valence-electron chi connectivity index (χ3n) is 4.50. The Hall–Kier alpha value is -1.50. The SMILES string of the molecule is Cc1cc(Cl)ccc1C1SCCNc2c1c(-c1cc(Br)ccn1)nn2C. The highest BCUT2D eigenvalue weighted by molar-refractivity contribution is 9.10. The Kier molecular flexibility index (Phi) is 4.99. The molecule has 0 saturated carbocycles. The smallest absolute Gasteiger partial charge is 0.129 e. The molecule has 0 fully saturated rings. The van der Waals surface area contributed by atoms with Gasteiger partial charge in [0, 0.05) is 40.6 Å². The Labute approximate surface area is 170 Å². The first-order valence-corrected chi connectivity index (χ1v) is 10.6. The number of anilines is 1.